The Labute approximate surface area is 152 Å². The SMILES string of the molecule is Cc1ccc(N2C(=O)C3C4CC5C(OC2(c2ccccc2)C53)C4O)cc1. The number of carbonyl (C=O) groups is 1. The normalized spacial score (nSPS) is 42.1. The minimum Gasteiger partial charge on any atom is -0.390 e. The van der Waals surface area contributed by atoms with E-state index in [9.17, 15) is 9.90 Å². The van der Waals surface area contributed by atoms with Crippen LogP contribution in [0, 0.1) is 30.6 Å². The van der Waals surface area contributed by atoms with Gasteiger partial charge in [0.05, 0.1) is 18.1 Å². The number of aryl methyl sites for hydroxylation is 1. The summed E-state index contributed by atoms with van der Waals surface area (Å²) >= 11 is 0. The Bertz CT molecular complexity index is 895. The Hall–Kier alpha value is -2.17. The molecule has 1 amide bonds. The summed E-state index contributed by atoms with van der Waals surface area (Å²) in [4.78, 5) is 15.4. The molecule has 4 fully saturated rings. The Kier molecular flexibility index (Phi) is 2.73. The minimum atomic E-state index is -0.792. The molecule has 2 aliphatic carbocycles. The van der Waals surface area contributed by atoms with E-state index in [0.29, 0.717) is 0 Å². The lowest BCUT2D eigenvalue weighted by atomic mass is 9.75. The summed E-state index contributed by atoms with van der Waals surface area (Å²) in [7, 11) is 0. The van der Waals surface area contributed by atoms with Gasteiger partial charge in [-0.3, -0.25) is 9.69 Å². The average Bonchev–Trinajstić information content (AvgIpc) is 3.33. The van der Waals surface area contributed by atoms with Gasteiger partial charge in [-0.1, -0.05) is 48.0 Å². The van der Waals surface area contributed by atoms with Crippen LogP contribution in [0.4, 0.5) is 5.69 Å². The van der Waals surface area contributed by atoms with Crippen LogP contribution in [0.3, 0.4) is 0 Å². The molecule has 2 heterocycles. The number of ether oxygens (including phenoxy) is 1. The second kappa shape index (κ2) is 4.76. The molecule has 4 nitrogen and oxygen atoms in total. The van der Waals surface area contributed by atoms with Crippen molar-refractivity contribution in [2.24, 2.45) is 23.7 Å². The van der Waals surface area contributed by atoms with Gasteiger partial charge in [0.1, 0.15) is 0 Å². The van der Waals surface area contributed by atoms with Crippen molar-refractivity contribution in [1.82, 2.24) is 0 Å². The predicted molar refractivity (Wildman–Crippen MR) is 96.2 cm³/mol. The smallest absolute Gasteiger partial charge is 0.233 e. The molecule has 0 spiro atoms. The van der Waals surface area contributed by atoms with Gasteiger partial charge in [-0.15, -0.1) is 0 Å². The van der Waals surface area contributed by atoms with E-state index in [2.05, 4.69) is 12.1 Å². The van der Waals surface area contributed by atoms with Crippen molar-refractivity contribution in [2.75, 3.05) is 4.90 Å². The molecule has 7 unspecified atom stereocenters. The fourth-order valence-corrected chi connectivity index (χ4v) is 6.23. The van der Waals surface area contributed by atoms with Crippen molar-refractivity contribution in [3.8, 4) is 0 Å². The number of rotatable bonds is 2. The highest BCUT2D eigenvalue weighted by atomic mass is 16.6. The first-order valence-electron chi connectivity index (χ1n) is 9.45. The van der Waals surface area contributed by atoms with Crippen LogP contribution in [0.2, 0.25) is 0 Å². The van der Waals surface area contributed by atoms with E-state index in [4.69, 9.17) is 4.74 Å². The monoisotopic (exact) mass is 347 g/mol. The molecular weight excluding hydrogens is 326 g/mol. The van der Waals surface area contributed by atoms with Gasteiger partial charge in [0.25, 0.3) is 0 Å². The zero-order valence-electron chi connectivity index (χ0n) is 14.6. The molecule has 7 atom stereocenters. The van der Waals surface area contributed by atoms with Crippen LogP contribution in [0.25, 0.3) is 0 Å². The van der Waals surface area contributed by atoms with E-state index in [0.717, 1.165) is 23.2 Å². The van der Waals surface area contributed by atoms with Gasteiger partial charge in [-0.2, -0.15) is 0 Å². The van der Waals surface area contributed by atoms with E-state index >= 15 is 0 Å². The zero-order valence-corrected chi connectivity index (χ0v) is 14.6. The molecule has 2 saturated carbocycles. The molecule has 0 aromatic heterocycles. The van der Waals surface area contributed by atoms with Crippen molar-refractivity contribution in [3.05, 3.63) is 65.7 Å². The second-order valence-electron chi connectivity index (χ2n) is 8.26. The van der Waals surface area contributed by atoms with Crippen molar-refractivity contribution >= 4 is 11.6 Å². The van der Waals surface area contributed by atoms with E-state index in [-0.39, 0.29) is 35.7 Å². The minimum absolute atomic E-state index is 0.0311. The number of aliphatic hydroxyl groups is 1. The zero-order chi connectivity index (χ0) is 17.6. The Morgan fingerprint density at radius 3 is 2.54 bits per heavy atom. The molecule has 2 saturated heterocycles. The topological polar surface area (TPSA) is 49.8 Å². The van der Waals surface area contributed by atoms with Crippen LogP contribution in [-0.4, -0.2) is 23.2 Å². The van der Waals surface area contributed by atoms with Gasteiger partial charge in [0.15, 0.2) is 5.72 Å². The van der Waals surface area contributed by atoms with Gasteiger partial charge in [-0.25, -0.2) is 0 Å². The van der Waals surface area contributed by atoms with E-state index < -0.39 is 11.8 Å². The molecule has 2 aromatic rings. The average molecular weight is 347 g/mol. The first-order chi connectivity index (χ1) is 12.6. The van der Waals surface area contributed by atoms with Crippen molar-refractivity contribution in [1.29, 1.82) is 0 Å². The Morgan fingerprint density at radius 2 is 1.81 bits per heavy atom. The standard InChI is InChI=1S/C22H21NO3/c1-12-7-9-14(10-8-12)23-21(25)17-15-11-16-18(17)22(23,26-20(16)19(15)24)13-5-3-2-4-6-13/h2-10,15-20,24H,11H2,1H3. The van der Waals surface area contributed by atoms with Gasteiger partial charge >= 0.3 is 0 Å². The van der Waals surface area contributed by atoms with Gasteiger partial charge in [0, 0.05) is 17.2 Å². The third-order valence-electron chi connectivity index (χ3n) is 7.14. The number of anilines is 1. The van der Waals surface area contributed by atoms with Crippen LogP contribution >= 0.6 is 0 Å². The highest BCUT2D eigenvalue weighted by Gasteiger charge is 2.79. The summed E-state index contributed by atoms with van der Waals surface area (Å²) in [5.74, 6) is 0.378. The molecule has 1 N–H and O–H groups in total. The second-order valence-corrected chi connectivity index (χ2v) is 8.26. The fourth-order valence-electron chi connectivity index (χ4n) is 6.23. The number of aliphatic hydroxyl groups excluding tert-OH is 1. The van der Waals surface area contributed by atoms with E-state index in [1.54, 1.807) is 0 Å². The van der Waals surface area contributed by atoms with Crippen molar-refractivity contribution < 1.29 is 14.6 Å². The number of hydrogen-bond acceptors (Lipinski definition) is 3. The molecule has 0 radical (unpaired) electrons. The molecular formula is C22H21NO3. The number of hydrogen-bond donors (Lipinski definition) is 1. The summed E-state index contributed by atoms with van der Waals surface area (Å²) < 4.78 is 6.64. The lowest BCUT2D eigenvalue weighted by Gasteiger charge is -2.39. The lowest BCUT2D eigenvalue weighted by Crippen LogP contribution is -2.49. The quantitative estimate of drug-likeness (QED) is 0.909. The first kappa shape index (κ1) is 14.9. The summed E-state index contributed by atoms with van der Waals surface area (Å²) in [5.41, 5.74) is 2.27. The highest BCUT2D eigenvalue weighted by molar-refractivity contribution is 6.00. The maximum absolute atomic E-state index is 13.6. The maximum Gasteiger partial charge on any atom is 0.233 e. The predicted octanol–water partition coefficient (Wildman–Crippen LogP) is 2.84. The third-order valence-corrected chi connectivity index (χ3v) is 7.14. The van der Waals surface area contributed by atoms with Crippen LogP contribution in [0.1, 0.15) is 17.5 Å². The summed E-state index contributed by atoms with van der Waals surface area (Å²) in [6.45, 7) is 2.05. The summed E-state index contributed by atoms with van der Waals surface area (Å²) in [6, 6.07) is 18.2. The molecule has 132 valence electrons. The Morgan fingerprint density at radius 1 is 1.08 bits per heavy atom. The van der Waals surface area contributed by atoms with E-state index in [1.165, 1.54) is 0 Å². The summed E-state index contributed by atoms with van der Waals surface area (Å²) in [5, 5.41) is 10.7. The number of nitrogens with zero attached hydrogens (tertiary/aromatic N) is 1. The van der Waals surface area contributed by atoms with Crippen molar-refractivity contribution in [3.63, 3.8) is 0 Å². The highest BCUT2D eigenvalue weighted by Crippen LogP contribution is 2.70. The fraction of sp³-hybridized carbons (Fsp3) is 0.409. The van der Waals surface area contributed by atoms with Crippen LogP contribution in [0.5, 0.6) is 0 Å². The molecule has 6 rings (SSSR count). The van der Waals surface area contributed by atoms with Gasteiger partial charge in [-0.05, 0) is 37.3 Å². The van der Waals surface area contributed by atoms with Crippen molar-refractivity contribution in [2.45, 2.75) is 31.3 Å². The first-order valence-corrected chi connectivity index (χ1v) is 9.45. The molecule has 2 aliphatic heterocycles. The lowest BCUT2D eigenvalue weighted by molar-refractivity contribution is -0.133. The molecule has 26 heavy (non-hydrogen) atoms. The number of carbonyl (C=O) groups excluding carboxylic acids is 1. The van der Waals surface area contributed by atoms with Crippen LogP contribution in [0.15, 0.2) is 54.6 Å². The number of benzene rings is 2. The molecule has 4 heteroatoms. The molecule has 4 aliphatic rings. The molecule has 2 bridgehead atoms. The molecule has 2 aromatic carbocycles. The Balaban J connectivity index is 1.60. The van der Waals surface area contributed by atoms with Gasteiger partial charge < -0.3 is 9.84 Å². The summed E-state index contributed by atoms with van der Waals surface area (Å²) in [6.07, 6.45) is 0.224. The van der Waals surface area contributed by atoms with Crippen LogP contribution in [-0.2, 0) is 15.3 Å². The number of fused-ring (bicyclic) bond motifs is 2. The largest absolute Gasteiger partial charge is 0.390 e. The number of amides is 1. The third kappa shape index (κ3) is 1.52. The van der Waals surface area contributed by atoms with E-state index in [1.807, 2.05) is 54.3 Å². The maximum atomic E-state index is 13.6. The van der Waals surface area contributed by atoms with Crippen LogP contribution < -0.4 is 4.90 Å². The van der Waals surface area contributed by atoms with Gasteiger partial charge in [0.2, 0.25) is 5.91 Å².